The Morgan fingerprint density at radius 2 is 1.95 bits per heavy atom. The van der Waals surface area contributed by atoms with Crippen LogP contribution in [-0.2, 0) is 0 Å². The van der Waals surface area contributed by atoms with E-state index in [2.05, 4.69) is 15.3 Å². The van der Waals surface area contributed by atoms with Gasteiger partial charge in [-0.1, -0.05) is 0 Å². The molecule has 6 heteroatoms. The lowest BCUT2D eigenvalue weighted by atomic mass is 10.3. The molecule has 0 aliphatic carbocycles. The summed E-state index contributed by atoms with van der Waals surface area (Å²) in [4.78, 5) is 18.9. The summed E-state index contributed by atoms with van der Waals surface area (Å²) in [7, 11) is 1.59. The zero-order valence-corrected chi connectivity index (χ0v) is 10.5. The SMILES string of the molecule is COc1ccc(Nc2cc(C(=O)O)nc(C)n2)cc1. The van der Waals surface area contributed by atoms with Crippen molar-refractivity contribution in [3.8, 4) is 5.75 Å². The van der Waals surface area contributed by atoms with Crippen LogP contribution in [-0.4, -0.2) is 28.2 Å². The van der Waals surface area contributed by atoms with E-state index >= 15 is 0 Å². The van der Waals surface area contributed by atoms with E-state index in [-0.39, 0.29) is 5.69 Å². The number of benzene rings is 1. The van der Waals surface area contributed by atoms with Crippen molar-refractivity contribution < 1.29 is 14.6 Å². The Morgan fingerprint density at radius 1 is 1.26 bits per heavy atom. The Hall–Kier alpha value is -2.63. The van der Waals surface area contributed by atoms with Crippen molar-refractivity contribution in [3.05, 3.63) is 41.9 Å². The molecule has 2 N–H and O–H groups in total. The number of carbonyl (C=O) groups is 1. The molecular formula is C13H13N3O3. The van der Waals surface area contributed by atoms with Gasteiger partial charge in [0.05, 0.1) is 7.11 Å². The maximum absolute atomic E-state index is 10.9. The maximum Gasteiger partial charge on any atom is 0.354 e. The van der Waals surface area contributed by atoms with Crippen LogP contribution in [0.25, 0.3) is 0 Å². The first-order valence-electron chi connectivity index (χ1n) is 5.58. The van der Waals surface area contributed by atoms with Crippen molar-refractivity contribution in [3.63, 3.8) is 0 Å². The van der Waals surface area contributed by atoms with Gasteiger partial charge in [0.1, 0.15) is 17.4 Å². The van der Waals surface area contributed by atoms with Crippen LogP contribution in [0.3, 0.4) is 0 Å². The van der Waals surface area contributed by atoms with Gasteiger partial charge in [-0.15, -0.1) is 0 Å². The minimum Gasteiger partial charge on any atom is -0.497 e. The van der Waals surface area contributed by atoms with E-state index in [1.807, 2.05) is 12.1 Å². The van der Waals surface area contributed by atoms with Crippen LogP contribution < -0.4 is 10.1 Å². The summed E-state index contributed by atoms with van der Waals surface area (Å²) in [6, 6.07) is 8.62. The molecule has 0 radical (unpaired) electrons. The topological polar surface area (TPSA) is 84.3 Å². The summed E-state index contributed by atoms with van der Waals surface area (Å²) < 4.78 is 5.06. The van der Waals surface area contributed by atoms with E-state index in [9.17, 15) is 4.79 Å². The average molecular weight is 259 g/mol. The molecule has 2 rings (SSSR count). The summed E-state index contributed by atoms with van der Waals surface area (Å²) in [5.41, 5.74) is 0.749. The third-order valence-corrected chi connectivity index (χ3v) is 2.42. The Labute approximate surface area is 110 Å². The predicted molar refractivity (Wildman–Crippen MR) is 70.0 cm³/mol. The minimum atomic E-state index is -1.08. The molecule has 0 atom stereocenters. The largest absolute Gasteiger partial charge is 0.497 e. The summed E-state index contributed by atoms with van der Waals surface area (Å²) in [5.74, 6) is 0.505. The van der Waals surface area contributed by atoms with Crippen molar-refractivity contribution in [2.75, 3.05) is 12.4 Å². The first kappa shape index (κ1) is 12.8. The molecular weight excluding hydrogens is 246 g/mol. The van der Waals surface area contributed by atoms with Crippen molar-refractivity contribution >= 4 is 17.5 Å². The van der Waals surface area contributed by atoms with Gasteiger partial charge < -0.3 is 15.2 Å². The normalized spacial score (nSPS) is 10.0. The molecule has 0 saturated carbocycles. The minimum absolute atomic E-state index is 0.0384. The second-order valence-corrected chi connectivity index (χ2v) is 3.84. The highest BCUT2D eigenvalue weighted by molar-refractivity contribution is 5.86. The molecule has 0 aliphatic rings. The van der Waals surface area contributed by atoms with E-state index in [1.54, 1.807) is 26.2 Å². The van der Waals surface area contributed by atoms with Gasteiger partial charge in [0.2, 0.25) is 0 Å². The number of carboxylic acid groups (broad SMARTS) is 1. The lowest BCUT2D eigenvalue weighted by Crippen LogP contribution is -2.05. The van der Waals surface area contributed by atoms with Gasteiger partial charge in [0.25, 0.3) is 0 Å². The van der Waals surface area contributed by atoms with Crippen molar-refractivity contribution in [2.24, 2.45) is 0 Å². The molecule has 98 valence electrons. The molecule has 0 unspecified atom stereocenters. The van der Waals surface area contributed by atoms with Gasteiger partial charge in [-0.25, -0.2) is 14.8 Å². The number of aryl methyl sites for hydroxylation is 1. The lowest BCUT2D eigenvalue weighted by Gasteiger charge is -2.07. The van der Waals surface area contributed by atoms with Crippen LogP contribution in [0, 0.1) is 6.92 Å². The Balaban J connectivity index is 2.24. The third kappa shape index (κ3) is 3.19. The fraction of sp³-hybridized carbons (Fsp3) is 0.154. The van der Waals surface area contributed by atoms with E-state index in [1.165, 1.54) is 6.07 Å². The molecule has 0 fully saturated rings. The fourth-order valence-electron chi connectivity index (χ4n) is 1.56. The van der Waals surface area contributed by atoms with E-state index in [0.717, 1.165) is 11.4 Å². The molecule has 2 aromatic rings. The number of carboxylic acids is 1. The predicted octanol–water partition coefficient (Wildman–Crippen LogP) is 2.24. The van der Waals surface area contributed by atoms with Gasteiger partial charge >= 0.3 is 5.97 Å². The lowest BCUT2D eigenvalue weighted by molar-refractivity contribution is 0.0690. The zero-order valence-electron chi connectivity index (χ0n) is 10.5. The Morgan fingerprint density at radius 3 is 2.53 bits per heavy atom. The molecule has 19 heavy (non-hydrogen) atoms. The van der Waals surface area contributed by atoms with E-state index in [0.29, 0.717) is 11.6 Å². The van der Waals surface area contributed by atoms with E-state index in [4.69, 9.17) is 9.84 Å². The highest BCUT2D eigenvalue weighted by atomic mass is 16.5. The van der Waals surface area contributed by atoms with Crippen LogP contribution in [0.2, 0.25) is 0 Å². The third-order valence-electron chi connectivity index (χ3n) is 2.42. The number of hydrogen-bond acceptors (Lipinski definition) is 5. The maximum atomic E-state index is 10.9. The number of nitrogens with zero attached hydrogens (tertiary/aromatic N) is 2. The Kier molecular flexibility index (Phi) is 3.61. The number of rotatable bonds is 4. The molecule has 0 saturated heterocycles. The van der Waals surface area contributed by atoms with Crippen LogP contribution in [0.1, 0.15) is 16.3 Å². The number of aromatic nitrogens is 2. The number of hydrogen-bond donors (Lipinski definition) is 2. The standard InChI is InChI=1S/C13H13N3O3/c1-8-14-11(13(17)18)7-12(15-8)16-9-3-5-10(19-2)6-4-9/h3-7H,1-2H3,(H,17,18)(H,14,15,16). The van der Waals surface area contributed by atoms with Crippen LogP contribution in [0.5, 0.6) is 5.75 Å². The quantitative estimate of drug-likeness (QED) is 0.875. The molecule has 0 aliphatic heterocycles. The second kappa shape index (κ2) is 5.34. The molecule has 6 nitrogen and oxygen atoms in total. The van der Waals surface area contributed by atoms with Crippen LogP contribution >= 0.6 is 0 Å². The molecule has 1 aromatic heterocycles. The molecule has 1 heterocycles. The monoisotopic (exact) mass is 259 g/mol. The Bertz CT molecular complexity index is 597. The van der Waals surface area contributed by atoms with Crippen molar-refractivity contribution in [1.29, 1.82) is 0 Å². The molecule has 0 amide bonds. The summed E-state index contributed by atoms with van der Waals surface area (Å²) in [5, 5.41) is 12.0. The fourth-order valence-corrected chi connectivity index (χ4v) is 1.56. The van der Waals surface area contributed by atoms with Gasteiger partial charge in [-0.2, -0.15) is 0 Å². The first-order chi connectivity index (χ1) is 9.08. The van der Waals surface area contributed by atoms with Crippen LogP contribution in [0.4, 0.5) is 11.5 Å². The number of anilines is 2. The van der Waals surface area contributed by atoms with Gasteiger partial charge in [0.15, 0.2) is 5.69 Å². The highest BCUT2D eigenvalue weighted by Crippen LogP contribution is 2.19. The first-order valence-corrected chi connectivity index (χ1v) is 5.58. The highest BCUT2D eigenvalue weighted by Gasteiger charge is 2.08. The molecule has 0 spiro atoms. The number of methoxy groups -OCH3 is 1. The zero-order chi connectivity index (χ0) is 13.8. The number of aromatic carboxylic acids is 1. The summed E-state index contributed by atoms with van der Waals surface area (Å²) >= 11 is 0. The van der Waals surface area contributed by atoms with Crippen molar-refractivity contribution in [1.82, 2.24) is 9.97 Å². The molecule has 0 bridgehead atoms. The second-order valence-electron chi connectivity index (χ2n) is 3.84. The number of nitrogens with one attached hydrogen (secondary N) is 1. The number of ether oxygens (including phenoxy) is 1. The summed E-state index contributed by atoms with van der Waals surface area (Å²) in [6.07, 6.45) is 0. The van der Waals surface area contributed by atoms with Gasteiger partial charge in [-0.3, -0.25) is 0 Å². The van der Waals surface area contributed by atoms with Crippen molar-refractivity contribution in [2.45, 2.75) is 6.92 Å². The average Bonchev–Trinajstić information content (AvgIpc) is 2.39. The van der Waals surface area contributed by atoms with Crippen LogP contribution in [0.15, 0.2) is 30.3 Å². The van der Waals surface area contributed by atoms with E-state index < -0.39 is 5.97 Å². The smallest absolute Gasteiger partial charge is 0.354 e. The van der Waals surface area contributed by atoms with Gasteiger partial charge in [0, 0.05) is 11.8 Å². The van der Waals surface area contributed by atoms with Gasteiger partial charge in [-0.05, 0) is 31.2 Å². The summed E-state index contributed by atoms with van der Waals surface area (Å²) in [6.45, 7) is 1.64. The molecule has 1 aromatic carbocycles.